The van der Waals surface area contributed by atoms with Crippen LogP contribution in [-0.2, 0) is 6.42 Å². The van der Waals surface area contributed by atoms with Crippen LogP contribution in [0.15, 0.2) is 30.3 Å². The summed E-state index contributed by atoms with van der Waals surface area (Å²) in [6, 6.07) is 11.4. The third-order valence-corrected chi connectivity index (χ3v) is 3.47. The van der Waals surface area contributed by atoms with E-state index in [4.69, 9.17) is 0 Å². The fourth-order valence-corrected chi connectivity index (χ4v) is 3.04. The molecule has 0 aliphatic carbocycles. The molecule has 2 unspecified atom stereocenters. The van der Waals surface area contributed by atoms with Gasteiger partial charge in [0, 0.05) is 6.04 Å². The molecule has 1 N–H and O–H groups in total. The van der Waals surface area contributed by atoms with Crippen LogP contribution in [0.5, 0.6) is 0 Å². The molecule has 0 fully saturated rings. The van der Waals surface area contributed by atoms with Crippen molar-refractivity contribution >= 4 is 0 Å². The quantitative estimate of drug-likeness (QED) is 0.752. The summed E-state index contributed by atoms with van der Waals surface area (Å²) >= 11 is 0. The summed E-state index contributed by atoms with van der Waals surface area (Å²) in [5.41, 5.74) is 1.87. The Kier molecular flexibility index (Phi) is 6.57. The molecule has 0 aromatic heterocycles. The first-order chi connectivity index (χ1) is 8.90. The van der Waals surface area contributed by atoms with Crippen LogP contribution in [0.4, 0.5) is 0 Å². The lowest BCUT2D eigenvalue weighted by molar-refractivity contribution is 0.275. The van der Waals surface area contributed by atoms with Gasteiger partial charge in [-0.25, -0.2) is 0 Å². The zero-order valence-corrected chi connectivity index (χ0v) is 13.4. The minimum atomic E-state index is 0.433. The minimum absolute atomic E-state index is 0.433. The zero-order valence-electron chi connectivity index (χ0n) is 13.4. The molecule has 1 heteroatoms. The molecule has 1 rings (SSSR count). The largest absolute Gasteiger partial charge is 0.314 e. The molecule has 0 heterocycles. The van der Waals surface area contributed by atoms with E-state index in [0.717, 1.165) is 18.9 Å². The molecular formula is C18H31N. The normalized spacial score (nSPS) is 15.2. The first-order valence-electron chi connectivity index (χ1n) is 7.68. The van der Waals surface area contributed by atoms with Crippen molar-refractivity contribution in [3.63, 3.8) is 0 Å². The number of likely N-dealkylation sites (N-methyl/N-ethyl adjacent to an activating group) is 1. The van der Waals surface area contributed by atoms with Gasteiger partial charge in [0.1, 0.15) is 0 Å². The van der Waals surface area contributed by atoms with Gasteiger partial charge < -0.3 is 5.32 Å². The predicted octanol–water partition coefficient (Wildman–Crippen LogP) is 4.67. The fourth-order valence-electron chi connectivity index (χ4n) is 3.04. The lowest BCUT2D eigenvalue weighted by Gasteiger charge is -2.27. The summed E-state index contributed by atoms with van der Waals surface area (Å²) in [5, 5.41) is 3.65. The summed E-state index contributed by atoms with van der Waals surface area (Å²) < 4.78 is 0. The maximum absolute atomic E-state index is 3.65. The summed E-state index contributed by atoms with van der Waals surface area (Å²) in [5.74, 6) is 0.771. The van der Waals surface area contributed by atoms with Gasteiger partial charge in [0.2, 0.25) is 0 Å². The first-order valence-corrected chi connectivity index (χ1v) is 7.68. The van der Waals surface area contributed by atoms with Crippen molar-refractivity contribution in [1.82, 2.24) is 5.32 Å². The van der Waals surface area contributed by atoms with Crippen LogP contribution in [0.25, 0.3) is 0 Å². The van der Waals surface area contributed by atoms with Gasteiger partial charge in [-0.2, -0.15) is 0 Å². The second-order valence-corrected chi connectivity index (χ2v) is 7.05. The Morgan fingerprint density at radius 2 is 1.74 bits per heavy atom. The van der Waals surface area contributed by atoms with Crippen molar-refractivity contribution in [2.24, 2.45) is 11.3 Å². The van der Waals surface area contributed by atoms with E-state index in [1.807, 2.05) is 0 Å². The molecule has 2 atom stereocenters. The molecule has 1 aromatic carbocycles. The van der Waals surface area contributed by atoms with Crippen molar-refractivity contribution in [1.29, 1.82) is 0 Å². The third kappa shape index (κ3) is 7.37. The molecule has 19 heavy (non-hydrogen) atoms. The molecule has 0 saturated carbocycles. The molecule has 1 nitrogen and oxygen atoms in total. The van der Waals surface area contributed by atoms with E-state index in [1.165, 1.54) is 18.4 Å². The van der Waals surface area contributed by atoms with Crippen molar-refractivity contribution in [3.8, 4) is 0 Å². The van der Waals surface area contributed by atoms with Crippen molar-refractivity contribution in [3.05, 3.63) is 35.9 Å². The van der Waals surface area contributed by atoms with E-state index >= 15 is 0 Å². The number of hydrogen-bond donors (Lipinski definition) is 1. The van der Waals surface area contributed by atoms with Crippen LogP contribution in [0.2, 0.25) is 0 Å². The van der Waals surface area contributed by atoms with E-state index in [-0.39, 0.29) is 0 Å². The molecule has 0 saturated heterocycles. The van der Waals surface area contributed by atoms with Gasteiger partial charge in [0.15, 0.2) is 0 Å². The predicted molar refractivity (Wildman–Crippen MR) is 85.5 cm³/mol. The molecule has 0 aliphatic heterocycles. The van der Waals surface area contributed by atoms with E-state index in [9.17, 15) is 0 Å². The molecule has 0 spiro atoms. The Bertz CT molecular complexity index is 336. The Balaban J connectivity index is 2.53. The zero-order chi connectivity index (χ0) is 14.3. The molecule has 0 bridgehead atoms. The standard InChI is InChI=1S/C18H31N/c1-6-19-17(12-15(2)14-18(3,4)5)13-16-10-8-7-9-11-16/h7-11,15,17,19H,6,12-14H2,1-5H3. The molecule has 1 aromatic rings. The summed E-state index contributed by atoms with van der Waals surface area (Å²) in [6.07, 6.45) is 3.70. The van der Waals surface area contributed by atoms with Crippen molar-refractivity contribution in [2.45, 2.75) is 59.9 Å². The van der Waals surface area contributed by atoms with Gasteiger partial charge in [-0.1, -0.05) is 65.0 Å². The lowest BCUT2D eigenvalue weighted by atomic mass is 9.82. The second-order valence-electron chi connectivity index (χ2n) is 7.05. The highest BCUT2D eigenvalue weighted by Gasteiger charge is 2.19. The number of nitrogens with one attached hydrogen (secondary N) is 1. The molecule has 0 aliphatic rings. The van der Waals surface area contributed by atoms with Gasteiger partial charge in [0.05, 0.1) is 0 Å². The highest BCUT2D eigenvalue weighted by atomic mass is 14.9. The lowest BCUT2D eigenvalue weighted by Crippen LogP contribution is -2.33. The highest BCUT2D eigenvalue weighted by Crippen LogP contribution is 2.27. The van der Waals surface area contributed by atoms with E-state index < -0.39 is 0 Å². The highest BCUT2D eigenvalue weighted by molar-refractivity contribution is 5.15. The maximum Gasteiger partial charge on any atom is 0.0110 e. The number of hydrogen-bond acceptors (Lipinski definition) is 1. The minimum Gasteiger partial charge on any atom is -0.314 e. The Morgan fingerprint density at radius 3 is 2.26 bits per heavy atom. The molecular weight excluding hydrogens is 230 g/mol. The number of rotatable bonds is 7. The first kappa shape index (κ1) is 16.2. The van der Waals surface area contributed by atoms with Gasteiger partial charge in [-0.15, -0.1) is 0 Å². The topological polar surface area (TPSA) is 12.0 Å². The van der Waals surface area contributed by atoms with E-state index in [0.29, 0.717) is 11.5 Å². The van der Waals surface area contributed by atoms with Crippen LogP contribution in [0.1, 0.15) is 53.0 Å². The summed E-state index contributed by atoms with van der Waals surface area (Å²) in [6.45, 7) is 12.7. The van der Waals surface area contributed by atoms with Gasteiger partial charge >= 0.3 is 0 Å². The molecule has 0 radical (unpaired) electrons. The monoisotopic (exact) mass is 261 g/mol. The van der Waals surface area contributed by atoms with Gasteiger partial charge in [-0.3, -0.25) is 0 Å². The SMILES string of the molecule is CCNC(Cc1ccccc1)CC(C)CC(C)(C)C. The van der Waals surface area contributed by atoms with Crippen LogP contribution in [0, 0.1) is 11.3 Å². The second kappa shape index (κ2) is 7.69. The van der Waals surface area contributed by atoms with Crippen LogP contribution in [0.3, 0.4) is 0 Å². The van der Waals surface area contributed by atoms with E-state index in [1.54, 1.807) is 0 Å². The third-order valence-electron chi connectivity index (χ3n) is 3.47. The number of benzene rings is 1. The molecule has 108 valence electrons. The molecule has 0 amide bonds. The average molecular weight is 261 g/mol. The van der Waals surface area contributed by atoms with Gasteiger partial charge in [-0.05, 0) is 42.7 Å². The van der Waals surface area contributed by atoms with Crippen LogP contribution < -0.4 is 5.32 Å². The van der Waals surface area contributed by atoms with Crippen molar-refractivity contribution < 1.29 is 0 Å². The summed E-state index contributed by atoms with van der Waals surface area (Å²) in [4.78, 5) is 0. The fraction of sp³-hybridized carbons (Fsp3) is 0.667. The van der Waals surface area contributed by atoms with E-state index in [2.05, 4.69) is 70.3 Å². The maximum atomic E-state index is 3.65. The average Bonchev–Trinajstić information content (AvgIpc) is 2.27. The Morgan fingerprint density at radius 1 is 1.11 bits per heavy atom. The van der Waals surface area contributed by atoms with Gasteiger partial charge in [0.25, 0.3) is 0 Å². The Hall–Kier alpha value is -0.820. The summed E-state index contributed by atoms with van der Waals surface area (Å²) in [7, 11) is 0. The van der Waals surface area contributed by atoms with Crippen LogP contribution in [-0.4, -0.2) is 12.6 Å². The Labute approximate surface area is 119 Å². The smallest absolute Gasteiger partial charge is 0.0110 e. The van der Waals surface area contributed by atoms with Crippen LogP contribution >= 0.6 is 0 Å². The van der Waals surface area contributed by atoms with Crippen molar-refractivity contribution in [2.75, 3.05) is 6.54 Å².